The zero-order valence-electron chi connectivity index (χ0n) is 12.3. The Hall–Kier alpha value is -1.82. The van der Waals surface area contributed by atoms with Gasteiger partial charge in [-0.2, -0.15) is 0 Å². The number of hydrogen-bond acceptors (Lipinski definition) is 5. The first kappa shape index (κ1) is 14.1. The van der Waals surface area contributed by atoms with E-state index in [4.69, 9.17) is 0 Å². The summed E-state index contributed by atoms with van der Waals surface area (Å²) in [6.07, 6.45) is 3.61. The molecule has 2 fully saturated rings. The van der Waals surface area contributed by atoms with Gasteiger partial charge in [0.1, 0.15) is 0 Å². The Morgan fingerprint density at radius 1 is 1.29 bits per heavy atom. The topological polar surface area (TPSA) is 70.4 Å². The highest BCUT2D eigenvalue weighted by molar-refractivity contribution is 5.63. The summed E-state index contributed by atoms with van der Waals surface area (Å²) in [5.74, 6) is 0. The van der Waals surface area contributed by atoms with Gasteiger partial charge < -0.3 is 10.6 Å². The average molecular weight is 290 g/mol. The van der Waals surface area contributed by atoms with Crippen LogP contribution in [-0.2, 0) is 0 Å². The molecular formula is C15H22N4O2. The van der Waals surface area contributed by atoms with Gasteiger partial charge in [-0.3, -0.25) is 15.0 Å². The summed E-state index contributed by atoms with van der Waals surface area (Å²) in [5.41, 5.74) is 1.78. The quantitative estimate of drug-likeness (QED) is 0.644. The Morgan fingerprint density at radius 3 is 2.86 bits per heavy atom. The van der Waals surface area contributed by atoms with E-state index in [0.717, 1.165) is 30.9 Å². The molecule has 0 amide bonds. The molecule has 0 radical (unpaired) electrons. The molecule has 2 saturated heterocycles. The van der Waals surface area contributed by atoms with Crippen molar-refractivity contribution in [3.8, 4) is 0 Å². The molecule has 0 bridgehead atoms. The number of fused-ring (bicyclic) bond motifs is 1. The minimum Gasteiger partial charge on any atom is -0.385 e. The van der Waals surface area contributed by atoms with Gasteiger partial charge >= 0.3 is 0 Å². The molecule has 3 rings (SSSR count). The predicted molar refractivity (Wildman–Crippen MR) is 83.9 cm³/mol. The van der Waals surface area contributed by atoms with Crippen LogP contribution in [0.2, 0.25) is 0 Å². The maximum Gasteiger partial charge on any atom is 0.273 e. The van der Waals surface area contributed by atoms with Crippen LogP contribution >= 0.6 is 0 Å². The summed E-state index contributed by atoms with van der Waals surface area (Å²) in [6.45, 7) is 5.07. The van der Waals surface area contributed by atoms with Gasteiger partial charge in [-0.15, -0.1) is 0 Å². The Kier molecular flexibility index (Phi) is 3.96. The third kappa shape index (κ3) is 2.95. The maximum absolute atomic E-state index is 11.1. The fraction of sp³-hybridized carbons (Fsp3) is 0.600. The second-order valence-corrected chi connectivity index (χ2v) is 5.84. The highest BCUT2D eigenvalue weighted by atomic mass is 16.6. The molecule has 6 nitrogen and oxygen atoms in total. The average Bonchev–Trinajstić information content (AvgIpc) is 3.04. The van der Waals surface area contributed by atoms with Crippen molar-refractivity contribution in [2.24, 2.45) is 0 Å². The van der Waals surface area contributed by atoms with Gasteiger partial charge in [0.2, 0.25) is 0 Å². The summed E-state index contributed by atoms with van der Waals surface area (Å²) in [7, 11) is 0. The van der Waals surface area contributed by atoms with Crippen LogP contribution in [0.1, 0.15) is 26.2 Å². The van der Waals surface area contributed by atoms with E-state index in [0.29, 0.717) is 12.1 Å². The fourth-order valence-corrected chi connectivity index (χ4v) is 3.57. The Balaban J connectivity index is 1.79. The van der Waals surface area contributed by atoms with E-state index < -0.39 is 0 Å². The number of nitrogens with one attached hydrogen (secondary N) is 2. The van der Waals surface area contributed by atoms with Gasteiger partial charge in [-0.25, -0.2) is 0 Å². The van der Waals surface area contributed by atoms with E-state index in [-0.39, 0.29) is 10.6 Å². The van der Waals surface area contributed by atoms with E-state index in [2.05, 4.69) is 15.5 Å². The van der Waals surface area contributed by atoms with Crippen LogP contribution in [-0.4, -0.2) is 41.5 Å². The smallest absolute Gasteiger partial charge is 0.273 e. The number of benzene rings is 1. The molecular weight excluding hydrogens is 268 g/mol. The SMILES string of the molecule is CCNc1cc(NC2CCN3CCCC23)cc([N+](=O)[O-])c1. The standard InChI is InChI=1S/C15H22N4O2/c1-2-16-11-8-12(10-13(9-11)19(20)21)17-14-5-7-18-6-3-4-15(14)18/h8-10,14-17H,2-7H2,1H3. The van der Waals surface area contributed by atoms with Gasteiger partial charge in [-0.1, -0.05) is 0 Å². The van der Waals surface area contributed by atoms with E-state index in [1.54, 1.807) is 12.1 Å². The molecule has 0 aliphatic carbocycles. The molecule has 0 aromatic heterocycles. The lowest BCUT2D eigenvalue weighted by molar-refractivity contribution is -0.384. The van der Waals surface area contributed by atoms with Crippen molar-refractivity contribution in [1.82, 2.24) is 4.90 Å². The fourth-order valence-electron chi connectivity index (χ4n) is 3.57. The zero-order chi connectivity index (χ0) is 14.8. The summed E-state index contributed by atoms with van der Waals surface area (Å²) >= 11 is 0. The summed E-state index contributed by atoms with van der Waals surface area (Å²) in [6, 6.07) is 6.19. The highest BCUT2D eigenvalue weighted by Crippen LogP contribution is 2.32. The van der Waals surface area contributed by atoms with Crippen LogP contribution in [0.15, 0.2) is 18.2 Å². The van der Waals surface area contributed by atoms with Crippen molar-refractivity contribution >= 4 is 17.1 Å². The van der Waals surface area contributed by atoms with E-state index in [1.165, 1.54) is 19.4 Å². The normalized spacial score (nSPS) is 24.8. The highest BCUT2D eigenvalue weighted by Gasteiger charge is 2.37. The van der Waals surface area contributed by atoms with Crippen LogP contribution in [0.3, 0.4) is 0 Å². The predicted octanol–water partition coefficient (Wildman–Crippen LogP) is 2.68. The lowest BCUT2D eigenvalue weighted by Crippen LogP contribution is -2.33. The molecule has 0 spiro atoms. The molecule has 1 aromatic carbocycles. The molecule has 1 aromatic rings. The molecule has 0 saturated carbocycles. The lowest BCUT2D eigenvalue weighted by Gasteiger charge is -2.22. The lowest BCUT2D eigenvalue weighted by atomic mass is 10.1. The zero-order valence-corrected chi connectivity index (χ0v) is 12.3. The molecule has 2 heterocycles. The molecule has 114 valence electrons. The molecule has 6 heteroatoms. The molecule has 2 aliphatic rings. The molecule has 2 N–H and O–H groups in total. The first-order chi connectivity index (χ1) is 10.2. The number of non-ortho nitro benzene ring substituents is 1. The number of nitro benzene ring substituents is 1. The third-order valence-electron chi connectivity index (χ3n) is 4.47. The van der Waals surface area contributed by atoms with Crippen LogP contribution in [0.4, 0.5) is 17.1 Å². The van der Waals surface area contributed by atoms with E-state index in [1.807, 2.05) is 13.0 Å². The molecule has 21 heavy (non-hydrogen) atoms. The van der Waals surface area contributed by atoms with Crippen molar-refractivity contribution in [2.75, 3.05) is 30.3 Å². The minimum atomic E-state index is -0.331. The number of anilines is 2. The number of rotatable bonds is 5. The van der Waals surface area contributed by atoms with Crippen LogP contribution in [0.25, 0.3) is 0 Å². The van der Waals surface area contributed by atoms with Crippen LogP contribution in [0.5, 0.6) is 0 Å². The summed E-state index contributed by atoms with van der Waals surface area (Å²) in [4.78, 5) is 13.3. The van der Waals surface area contributed by atoms with Crippen LogP contribution < -0.4 is 10.6 Å². The van der Waals surface area contributed by atoms with Gasteiger partial charge in [0.05, 0.1) is 4.92 Å². The first-order valence-electron chi connectivity index (χ1n) is 7.71. The minimum absolute atomic E-state index is 0.136. The molecule has 2 aliphatic heterocycles. The molecule has 2 atom stereocenters. The second-order valence-electron chi connectivity index (χ2n) is 5.84. The van der Waals surface area contributed by atoms with Crippen molar-refractivity contribution < 1.29 is 4.92 Å². The number of nitrogens with zero attached hydrogens (tertiary/aromatic N) is 2. The largest absolute Gasteiger partial charge is 0.385 e. The number of hydrogen-bond donors (Lipinski definition) is 2. The van der Waals surface area contributed by atoms with Crippen molar-refractivity contribution in [1.29, 1.82) is 0 Å². The third-order valence-corrected chi connectivity index (χ3v) is 4.47. The monoisotopic (exact) mass is 290 g/mol. The molecule has 2 unspecified atom stereocenters. The van der Waals surface area contributed by atoms with E-state index >= 15 is 0 Å². The maximum atomic E-state index is 11.1. The second kappa shape index (κ2) is 5.89. The van der Waals surface area contributed by atoms with Crippen molar-refractivity contribution in [3.63, 3.8) is 0 Å². The van der Waals surface area contributed by atoms with Gasteiger partial charge in [0.25, 0.3) is 5.69 Å². The summed E-state index contributed by atoms with van der Waals surface area (Å²) in [5, 5.41) is 17.8. The Bertz CT molecular complexity index is 534. The van der Waals surface area contributed by atoms with Gasteiger partial charge in [0.15, 0.2) is 0 Å². The van der Waals surface area contributed by atoms with E-state index in [9.17, 15) is 10.1 Å². The Labute approximate surface area is 124 Å². The van der Waals surface area contributed by atoms with Crippen LogP contribution in [0, 0.1) is 10.1 Å². The van der Waals surface area contributed by atoms with Gasteiger partial charge in [-0.05, 0) is 38.8 Å². The van der Waals surface area contributed by atoms with Crippen molar-refractivity contribution in [2.45, 2.75) is 38.3 Å². The number of nitro groups is 1. The first-order valence-corrected chi connectivity index (χ1v) is 7.71. The Morgan fingerprint density at radius 2 is 2.10 bits per heavy atom. The summed E-state index contributed by atoms with van der Waals surface area (Å²) < 4.78 is 0. The van der Waals surface area contributed by atoms with Crippen molar-refractivity contribution in [3.05, 3.63) is 28.3 Å². The van der Waals surface area contributed by atoms with Gasteiger partial charge in [0, 0.05) is 48.7 Å².